The minimum Gasteiger partial charge on any atom is -0.497 e. The van der Waals surface area contributed by atoms with E-state index in [0.29, 0.717) is 21.1 Å². The summed E-state index contributed by atoms with van der Waals surface area (Å²) < 4.78 is 43.4. The van der Waals surface area contributed by atoms with Crippen LogP contribution in [0.25, 0.3) is 10.2 Å². The Kier molecular flexibility index (Phi) is 5.19. The van der Waals surface area contributed by atoms with Crippen molar-refractivity contribution in [2.75, 3.05) is 18.2 Å². The van der Waals surface area contributed by atoms with E-state index in [1.165, 1.54) is 37.4 Å². The second-order valence-electron chi connectivity index (χ2n) is 5.42. The number of halogens is 1. The number of hydrogen-bond acceptors (Lipinski definition) is 6. The molecule has 0 radical (unpaired) electrons. The van der Waals surface area contributed by atoms with E-state index in [-0.39, 0.29) is 22.9 Å². The van der Waals surface area contributed by atoms with Gasteiger partial charge in [0.25, 0.3) is 0 Å². The van der Waals surface area contributed by atoms with Crippen molar-refractivity contribution < 1.29 is 22.3 Å². The summed E-state index contributed by atoms with van der Waals surface area (Å²) in [6.07, 6.45) is -0.210. The first-order chi connectivity index (χ1) is 12.4. The van der Waals surface area contributed by atoms with Crippen LogP contribution < -0.4 is 10.1 Å². The molecule has 0 atom stereocenters. The zero-order valence-corrected chi connectivity index (χ0v) is 15.4. The number of carbonyl (C=O) groups is 1. The molecule has 26 heavy (non-hydrogen) atoms. The Bertz CT molecular complexity index is 1050. The number of nitrogens with zero attached hydrogens (tertiary/aromatic N) is 1. The summed E-state index contributed by atoms with van der Waals surface area (Å²) in [6.45, 7) is 0. The molecule has 0 fully saturated rings. The van der Waals surface area contributed by atoms with Gasteiger partial charge in [0.05, 0.1) is 28.0 Å². The average Bonchev–Trinajstić information content (AvgIpc) is 3.01. The zero-order valence-electron chi connectivity index (χ0n) is 13.7. The van der Waals surface area contributed by atoms with E-state index >= 15 is 0 Å². The third kappa shape index (κ3) is 4.17. The molecule has 0 saturated carbocycles. The van der Waals surface area contributed by atoms with Crippen LogP contribution in [0.1, 0.15) is 6.42 Å². The Labute approximate surface area is 153 Å². The fourth-order valence-electron chi connectivity index (χ4n) is 2.26. The highest BCUT2D eigenvalue weighted by Crippen LogP contribution is 2.26. The highest BCUT2D eigenvalue weighted by atomic mass is 32.2. The van der Waals surface area contributed by atoms with Crippen molar-refractivity contribution in [3.05, 3.63) is 48.3 Å². The van der Waals surface area contributed by atoms with Crippen LogP contribution in [0.2, 0.25) is 0 Å². The number of rotatable bonds is 6. The van der Waals surface area contributed by atoms with E-state index in [9.17, 15) is 17.6 Å². The second kappa shape index (κ2) is 7.38. The maximum absolute atomic E-state index is 13.2. The molecule has 0 aliphatic rings. The van der Waals surface area contributed by atoms with Gasteiger partial charge in [-0.15, -0.1) is 0 Å². The van der Waals surface area contributed by atoms with Crippen molar-refractivity contribution in [1.29, 1.82) is 0 Å². The summed E-state index contributed by atoms with van der Waals surface area (Å²) in [4.78, 5) is 16.3. The minimum atomic E-state index is -3.59. The maximum Gasteiger partial charge on any atom is 0.227 e. The number of carbonyl (C=O) groups excluding carboxylic acids is 1. The first-order valence-corrected chi connectivity index (χ1v) is 10.1. The van der Waals surface area contributed by atoms with Gasteiger partial charge in [-0.05, 0) is 42.5 Å². The molecule has 0 bridgehead atoms. The lowest BCUT2D eigenvalue weighted by Crippen LogP contribution is -2.17. The largest absolute Gasteiger partial charge is 0.497 e. The molecule has 0 saturated heterocycles. The van der Waals surface area contributed by atoms with Crippen molar-refractivity contribution in [2.24, 2.45) is 0 Å². The van der Waals surface area contributed by atoms with Crippen LogP contribution in [0.5, 0.6) is 5.75 Å². The molecular formula is C17H15FN2O4S2. The summed E-state index contributed by atoms with van der Waals surface area (Å²) in [5.74, 6) is -0.634. The molecule has 0 unspecified atom stereocenters. The van der Waals surface area contributed by atoms with Crippen LogP contribution >= 0.6 is 11.3 Å². The number of benzene rings is 2. The Hall–Kier alpha value is -2.52. The summed E-state index contributed by atoms with van der Waals surface area (Å²) in [5, 5.41) is 2.86. The molecule has 1 N–H and O–H groups in total. The molecular weight excluding hydrogens is 379 g/mol. The predicted molar refractivity (Wildman–Crippen MR) is 97.9 cm³/mol. The lowest BCUT2D eigenvalue weighted by Gasteiger charge is -2.06. The highest BCUT2D eigenvalue weighted by molar-refractivity contribution is 7.91. The average molecular weight is 394 g/mol. The monoisotopic (exact) mass is 394 g/mol. The topological polar surface area (TPSA) is 85.4 Å². The number of methoxy groups -OCH3 is 1. The number of sulfone groups is 1. The summed E-state index contributed by atoms with van der Waals surface area (Å²) >= 11 is 1.13. The molecule has 0 aliphatic heterocycles. The first-order valence-electron chi connectivity index (χ1n) is 7.60. The highest BCUT2D eigenvalue weighted by Gasteiger charge is 2.17. The van der Waals surface area contributed by atoms with Gasteiger partial charge in [0.1, 0.15) is 11.6 Å². The van der Waals surface area contributed by atoms with Crippen molar-refractivity contribution in [3.63, 3.8) is 0 Å². The van der Waals surface area contributed by atoms with E-state index in [1.807, 2.05) is 0 Å². The quantitative estimate of drug-likeness (QED) is 0.694. The molecule has 1 heterocycles. The fraction of sp³-hybridized carbons (Fsp3) is 0.176. The van der Waals surface area contributed by atoms with Gasteiger partial charge in [0.15, 0.2) is 15.0 Å². The number of aromatic nitrogens is 1. The smallest absolute Gasteiger partial charge is 0.227 e. The maximum atomic E-state index is 13.2. The van der Waals surface area contributed by atoms with Gasteiger partial charge in [0, 0.05) is 6.42 Å². The second-order valence-corrected chi connectivity index (χ2v) is 8.56. The van der Waals surface area contributed by atoms with Crippen LogP contribution in [0.4, 0.5) is 9.52 Å². The van der Waals surface area contributed by atoms with E-state index in [4.69, 9.17) is 4.74 Å². The zero-order chi connectivity index (χ0) is 18.7. The van der Waals surface area contributed by atoms with Crippen molar-refractivity contribution in [2.45, 2.75) is 11.3 Å². The summed E-state index contributed by atoms with van der Waals surface area (Å²) in [5.41, 5.74) is 0.567. The first kappa shape index (κ1) is 18.3. The van der Waals surface area contributed by atoms with Crippen LogP contribution in [-0.2, 0) is 14.6 Å². The van der Waals surface area contributed by atoms with Crippen LogP contribution in [0.15, 0.2) is 47.4 Å². The SMILES string of the molecule is COc1ccc(S(=O)(=O)CCC(=O)Nc2nc3ccc(F)cc3s2)cc1. The fourth-order valence-corrected chi connectivity index (χ4v) is 4.41. The normalized spacial score (nSPS) is 11.5. The van der Waals surface area contributed by atoms with E-state index in [1.54, 1.807) is 12.1 Å². The Balaban J connectivity index is 1.63. The Morgan fingerprint density at radius 3 is 2.65 bits per heavy atom. The van der Waals surface area contributed by atoms with Crippen molar-refractivity contribution >= 4 is 42.4 Å². The van der Waals surface area contributed by atoms with E-state index in [2.05, 4.69) is 10.3 Å². The molecule has 3 aromatic rings. The number of anilines is 1. The third-order valence-electron chi connectivity index (χ3n) is 3.61. The molecule has 136 valence electrons. The minimum absolute atomic E-state index is 0.126. The standard InChI is InChI=1S/C17H15FN2O4S2/c1-24-12-3-5-13(6-4-12)26(22,23)9-8-16(21)20-17-19-14-7-2-11(18)10-15(14)25-17/h2-7,10H,8-9H2,1H3,(H,19,20,21). The van der Waals surface area contributed by atoms with Gasteiger partial charge in [-0.3, -0.25) is 4.79 Å². The Morgan fingerprint density at radius 2 is 1.96 bits per heavy atom. The molecule has 1 amide bonds. The van der Waals surface area contributed by atoms with Gasteiger partial charge in [0.2, 0.25) is 5.91 Å². The van der Waals surface area contributed by atoms with Crippen molar-refractivity contribution in [3.8, 4) is 5.75 Å². The van der Waals surface area contributed by atoms with Gasteiger partial charge >= 0.3 is 0 Å². The predicted octanol–water partition coefficient (Wildman–Crippen LogP) is 3.25. The van der Waals surface area contributed by atoms with E-state index in [0.717, 1.165) is 11.3 Å². The number of nitrogens with one attached hydrogen (secondary N) is 1. The number of ether oxygens (including phenoxy) is 1. The van der Waals surface area contributed by atoms with Crippen molar-refractivity contribution in [1.82, 2.24) is 4.98 Å². The summed E-state index contributed by atoms with van der Waals surface area (Å²) in [6, 6.07) is 10.1. The lowest BCUT2D eigenvalue weighted by molar-refractivity contribution is -0.115. The molecule has 0 spiro atoms. The lowest BCUT2D eigenvalue weighted by atomic mass is 10.3. The third-order valence-corrected chi connectivity index (χ3v) is 6.28. The van der Waals surface area contributed by atoms with Crippen LogP contribution in [0.3, 0.4) is 0 Å². The van der Waals surface area contributed by atoms with Crippen LogP contribution in [-0.4, -0.2) is 32.2 Å². The molecule has 9 heteroatoms. The van der Waals surface area contributed by atoms with Crippen LogP contribution in [0, 0.1) is 5.82 Å². The molecule has 2 aromatic carbocycles. The van der Waals surface area contributed by atoms with Gasteiger partial charge < -0.3 is 10.1 Å². The molecule has 3 rings (SSSR count). The van der Waals surface area contributed by atoms with Gasteiger partial charge in [-0.1, -0.05) is 11.3 Å². The van der Waals surface area contributed by atoms with Gasteiger partial charge in [-0.25, -0.2) is 17.8 Å². The summed E-state index contributed by atoms with van der Waals surface area (Å²) in [7, 11) is -2.10. The number of amides is 1. The van der Waals surface area contributed by atoms with E-state index < -0.39 is 15.7 Å². The van der Waals surface area contributed by atoms with Gasteiger partial charge in [-0.2, -0.15) is 0 Å². The Morgan fingerprint density at radius 1 is 1.23 bits per heavy atom. The molecule has 1 aromatic heterocycles. The number of thiazole rings is 1. The number of hydrogen-bond donors (Lipinski definition) is 1. The molecule has 0 aliphatic carbocycles. The number of fused-ring (bicyclic) bond motifs is 1. The molecule has 6 nitrogen and oxygen atoms in total.